The summed E-state index contributed by atoms with van der Waals surface area (Å²) in [6.45, 7) is 1.61. The minimum atomic E-state index is 0.603. The zero-order chi connectivity index (χ0) is 14.5. The molecule has 0 aliphatic rings. The van der Waals surface area contributed by atoms with Gasteiger partial charge in [-0.25, -0.2) is 0 Å². The summed E-state index contributed by atoms with van der Waals surface area (Å²) in [5.41, 5.74) is 4.14. The number of hydrogen-bond donors (Lipinski definition) is 2. The van der Waals surface area contributed by atoms with Crippen molar-refractivity contribution in [1.82, 2.24) is 15.3 Å². The van der Waals surface area contributed by atoms with Gasteiger partial charge in [-0.15, -0.1) is 0 Å². The summed E-state index contributed by atoms with van der Waals surface area (Å²) in [4.78, 5) is 7.35. The highest BCUT2D eigenvalue weighted by atomic mass is 14.8. The number of nitriles is 1. The molecule has 0 radical (unpaired) electrons. The van der Waals surface area contributed by atoms with Gasteiger partial charge in [0.2, 0.25) is 0 Å². The fourth-order valence-electron chi connectivity index (χ4n) is 2.44. The molecule has 0 amide bonds. The molecule has 4 nitrogen and oxygen atoms in total. The van der Waals surface area contributed by atoms with E-state index in [4.69, 9.17) is 5.26 Å². The molecule has 0 fully saturated rings. The second-order valence-electron chi connectivity index (χ2n) is 4.98. The van der Waals surface area contributed by atoms with Crippen LogP contribution in [0.5, 0.6) is 0 Å². The Kier molecular flexibility index (Phi) is 3.95. The molecule has 0 unspecified atom stereocenters. The Morgan fingerprint density at radius 2 is 2.14 bits per heavy atom. The third kappa shape index (κ3) is 3.10. The van der Waals surface area contributed by atoms with E-state index in [0.29, 0.717) is 5.56 Å². The number of pyridine rings is 1. The largest absolute Gasteiger partial charge is 0.361 e. The molecule has 2 N–H and O–H groups in total. The van der Waals surface area contributed by atoms with Crippen LogP contribution < -0.4 is 5.32 Å². The third-order valence-corrected chi connectivity index (χ3v) is 3.50. The molecule has 0 saturated heterocycles. The minimum absolute atomic E-state index is 0.603. The molecule has 3 rings (SSSR count). The number of nitrogens with zero attached hydrogens (tertiary/aromatic N) is 2. The van der Waals surface area contributed by atoms with Crippen molar-refractivity contribution in [2.24, 2.45) is 0 Å². The van der Waals surface area contributed by atoms with Gasteiger partial charge in [-0.3, -0.25) is 4.98 Å². The number of nitrogens with one attached hydrogen (secondary N) is 2. The predicted molar refractivity (Wildman–Crippen MR) is 82.7 cm³/mol. The molecule has 4 heteroatoms. The van der Waals surface area contributed by atoms with Crippen LogP contribution in [0.3, 0.4) is 0 Å². The molecule has 0 atom stereocenters. The first-order valence-electron chi connectivity index (χ1n) is 6.96. The predicted octanol–water partition coefficient (Wildman–Crippen LogP) is 2.77. The van der Waals surface area contributed by atoms with Crippen LogP contribution in [0.15, 0.2) is 48.9 Å². The van der Waals surface area contributed by atoms with Gasteiger partial charge >= 0.3 is 0 Å². The Bertz CT molecular complexity index is 783. The molecular weight excluding hydrogens is 260 g/mol. The van der Waals surface area contributed by atoms with E-state index in [9.17, 15) is 0 Å². The van der Waals surface area contributed by atoms with Crippen molar-refractivity contribution in [3.05, 3.63) is 65.6 Å². The fourth-order valence-corrected chi connectivity index (χ4v) is 2.44. The number of aromatic amines is 1. The van der Waals surface area contributed by atoms with Crippen LogP contribution in [0, 0.1) is 11.3 Å². The molecule has 0 aliphatic heterocycles. The first-order chi connectivity index (χ1) is 10.4. The molecule has 1 aromatic carbocycles. The number of aromatic nitrogens is 2. The van der Waals surface area contributed by atoms with E-state index in [1.54, 1.807) is 12.4 Å². The molecule has 104 valence electrons. The van der Waals surface area contributed by atoms with Gasteiger partial charge in [0, 0.05) is 36.0 Å². The molecule has 2 aromatic heterocycles. The number of H-pyrrole nitrogens is 1. The second kappa shape index (κ2) is 6.21. The Labute approximate surface area is 123 Å². The van der Waals surface area contributed by atoms with Crippen molar-refractivity contribution < 1.29 is 0 Å². The minimum Gasteiger partial charge on any atom is -0.361 e. The van der Waals surface area contributed by atoms with E-state index in [1.807, 2.05) is 12.1 Å². The van der Waals surface area contributed by atoms with Crippen molar-refractivity contribution in [3.63, 3.8) is 0 Å². The molecule has 2 heterocycles. The van der Waals surface area contributed by atoms with Crippen molar-refractivity contribution in [2.45, 2.75) is 13.0 Å². The average Bonchev–Trinajstić information content (AvgIpc) is 2.95. The number of fused-ring (bicyclic) bond motifs is 1. The van der Waals surface area contributed by atoms with Gasteiger partial charge in [-0.1, -0.05) is 18.2 Å². The summed E-state index contributed by atoms with van der Waals surface area (Å²) in [6.07, 6.45) is 6.41. The third-order valence-electron chi connectivity index (χ3n) is 3.50. The summed E-state index contributed by atoms with van der Waals surface area (Å²) in [5, 5.41) is 13.5. The van der Waals surface area contributed by atoms with Crippen molar-refractivity contribution in [1.29, 1.82) is 5.26 Å². The summed E-state index contributed by atoms with van der Waals surface area (Å²) in [7, 11) is 0. The lowest BCUT2D eigenvalue weighted by Gasteiger charge is -2.04. The maximum Gasteiger partial charge on any atom is 0.101 e. The number of para-hydroxylation sites is 1. The van der Waals surface area contributed by atoms with Crippen molar-refractivity contribution in [3.8, 4) is 6.07 Å². The fraction of sp³-hybridized carbons (Fsp3) is 0.176. The smallest absolute Gasteiger partial charge is 0.101 e. The number of benzene rings is 1. The molecule has 21 heavy (non-hydrogen) atoms. The highest BCUT2D eigenvalue weighted by Gasteiger charge is 2.02. The van der Waals surface area contributed by atoms with Gasteiger partial charge in [-0.05, 0) is 36.2 Å². The van der Waals surface area contributed by atoms with Gasteiger partial charge in [0.25, 0.3) is 0 Å². The van der Waals surface area contributed by atoms with E-state index in [2.05, 4.69) is 45.7 Å². The number of hydrogen-bond acceptors (Lipinski definition) is 3. The molecule has 0 bridgehead atoms. The standard InChI is InChI=1S/C17H16N4/c18-8-13-7-14(11-20-9-13)10-19-6-5-15-12-21-17-4-2-1-3-16(15)17/h1-4,7,9,11-12,19,21H,5-6,10H2. The van der Waals surface area contributed by atoms with Gasteiger partial charge in [0.1, 0.15) is 6.07 Å². The Balaban J connectivity index is 1.55. The SMILES string of the molecule is N#Cc1cncc(CNCCc2c[nH]c3ccccc23)c1. The summed E-state index contributed by atoms with van der Waals surface area (Å²) < 4.78 is 0. The van der Waals surface area contributed by atoms with Crippen LogP contribution in [0.4, 0.5) is 0 Å². The van der Waals surface area contributed by atoms with E-state index in [1.165, 1.54) is 16.5 Å². The normalized spacial score (nSPS) is 10.6. The van der Waals surface area contributed by atoms with Gasteiger partial charge in [0.05, 0.1) is 5.56 Å². The lowest BCUT2D eigenvalue weighted by atomic mass is 10.1. The zero-order valence-electron chi connectivity index (χ0n) is 11.6. The van der Waals surface area contributed by atoms with Crippen LogP contribution >= 0.6 is 0 Å². The van der Waals surface area contributed by atoms with Crippen molar-refractivity contribution in [2.75, 3.05) is 6.54 Å². The van der Waals surface area contributed by atoms with Gasteiger partial charge in [0.15, 0.2) is 0 Å². The van der Waals surface area contributed by atoms with Crippen LogP contribution in [0.1, 0.15) is 16.7 Å². The van der Waals surface area contributed by atoms with E-state index < -0.39 is 0 Å². The van der Waals surface area contributed by atoms with E-state index in [-0.39, 0.29) is 0 Å². The monoisotopic (exact) mass is 276 g/mol. The molecular formula is C17H16N4. The van der Waals surface area contributed by atoms with Gasteiger partial charge < -0.3 is 10.3 Å². The molecule has 0 aliphatic carbocycles. The average molecular weight is 276 g/mol. The summed E-state index contributed by atoms with van der Waals surface area (Å²) >= 11 is 0. The summed E-state index contributed by atoms with van der Waals surface area (Å²) in [5.74, 6) is 0. The molecule has 3 aromatic rings. The zero-order valence-corrected chi connectivity index (χ0v) is 11.6. The molecule has 0 spiro atoms. The van der Waals surface area contributed by atoms with E-state index in [0.717, 1.165) is 25.1 Å². The second-order valence-corrected chi connectivity index (χ2v) is 4.98. The topological polar surface area (TPSA) is 64.5 Å². The quantitative estimate of drug-likeness (QED) is 0.704. The van der Waals surface area contributed by atoms with Crippen molar-refractivity contribution >= 4 is 10.9 Å². The van der Waals surface area contributed by atoms with Crippen LogP contribution in [0.2, 0.25) is 0 Å². The van der Waals surface area contributed by atoms with E-state index >= 15 is 0 Å². The number of rotatable bonds is 5. The Morgan fingerprint density at radius 3 is 3.05 bits per heavy atom. The maximum atomic E-state index is 8.85. The first kappa shape index (κ1) is 13.3. The van der Waals surface area contributed by atoms with Crippen LogP contribution in [-0.2, 0) is 13.0 Å². The lowest BCUT2D eigenvalue weighted by Crippen LogP contribution is -2.16. The Morgan fingerprint density at radius 1 is 1.24 bits per heavy atom. The first-order valence-corrected chi connectivity index (χ1v) is 6.96. The van der Waals surface area contributed by atoms with Crippen LogP contribution in [-0.4, -0.2) is 16.5 Å². The maximum absolute atomic E-state index is 8.85. The highest BCUT2D eigenvalue weighted by molar-refractivity contribution is 5.83. The summed E-state index contributed by atoms with van der Waals surface area (Å²) in [6, 6.07) is 12.3. The van der Waals surface area contributed by atoms with Gasteiger partial charge in [-0.2, -0.15) is 5.26 Å². The highest BCUT2D eigenvalue weighted by Crippen LogP contribution is 2.17. The lowest BCUT2D eigenvalue weighted by molar-refractivity contribution is 0.686. The van der Waals surface area contributed by atoms with Crippen LogP contribution in [0.25, 0.3) is 10.9 Å². The Hall–Kier alpha value is -2.64. The molecule has 0 saturated carbocycles.